The molecule has 0 aromatic carbocycles. The smallest absolute Gasteiger partial charge is 0.341 e. The highest BCUT2D eigenvalue weighted by Gasteiger charge is 2.52. The molecule has 2 N–H and O–H groups in total. The topological polar surface area (TPSA) is 146 Å². The summed E-state index contributed by atoms with van der Waals surface area (Å²) in [4.78, 5) is 49.9. The number of carbonyl (C=O) groups excluding carboxylic acids is 4. The summed E-state index contributed by atoms with van der Waals surface area (Å²) in [6.45, 7) is 8.89. The van der Waals surface area contributed by atoms with E-state index < -0.39 is 59.8 Å². The molecule has 0 amide bonds. The van der Waals surface area contributed by atoms with Crippen molar-refractivity contribution in [2.45, 2.75) is 70.6 Å². The number of methoxy groups -OCH3 is 1. The highest BCUT2D eigenvalue weighted by atomic mass is 16.6. The van der Waals surface area contributed by atoms with E-state index in [1.165, 1.54) is 13.0 Å². The molecule has 1 aliphatic heterocycles. The van der Waals surface area contributed by atoms with E-state index in [2.05, 4.69) is 6.58 Å². The lowest BCUT2D eigenvalue weighted by atomic mass is 9.83. The molecule has 1 saturated heterocycles. The Morgan fingerprint density at radius 3 is 2.48 bits per heavy atom. The molecule has 0 aromatic heterocycles. The zero-order valence-corrected chi connectivity index (χ0v) is 19.3. The van der Waals surface area contributed by atoms with E-state index in [1.54, 1.807) is 6.08 Å². The van der Waals surface area contributed by atoms with Crippen LogP contribution in [0.2, 0.25) is 0 Å². The third-order valence-electron chi connectivity index (χ3n) is 5.76. The van der Waals surface area contributed by atoms with Gasteiger partial charge in [0, 0.05) is 12.5 Å². The first-order valence-corrected chi connectivity index (χ1v) is 10.4. The summed E-state index contributed by atoms with van der Waals surface area (Å²) >= 11 is 0. The van der Waals surface area contributed by atoms with Gasteiger partial charge in [0.2, 0.25) is 0 Å². The first kappa shape index (κ1) is 26.3. The minimum Gasteiger partial charge on any atom is -0.466 e. The maximum absolute atomic E-state index is 12.9. The Labute approximate surface area is 191 Å². The average Bonchev–Trinajstić information content (AvgIpc) is 2.99. The first-order chi connectivity index (χ1) is 15.3. The summed E-state index contributed by atoms with van der Waals surface area (Å²) < 4.78 is 21.2. The highest BCUT2D eigenvalue weighted by molar-refractivity contribution is 5.93. The molecule has 33 heavy (non-hydrogen) atoms. The zero-order valence-electron chi connectivity index (χ0n) is 19.3. The SMILES string of the molecule is C=C1C(=O)O[C@@H]2/C=C(/C)CC/C=C(/C(=O)OC)[C@H](OC(C)=O)[C@@H](OC(=O)[C@@](C)(O)[C@H](C)O)[C@@H]12. The molecular weight excluding hydrogens is 436 g/mol. The Bertz CT molecular complexity index is 895. The van der Waals surface area contributed by atoms with Crippen LogP contribution in [0.3, 0.4) is 0 Å². The van der Waals surface area contributed by atoms with Gasteiger partial charge in [-0.25, -0.2) is 14.4 Å². The lowest BCUT2D eigenvalue weighted by Gasteiger charge is -2.35. The number of rotatable bonds is 5. The number of aliphatic hydroxyl groups is 2. The number of hydrogen-bond acceptors (Lipinski definition) is 10. The van der Waals surface area contributed by atoms with Crippen LogP contribution in [0.5, 0.6) is 0 Å². The number of allylic oxidation sites excluding steroid dienone is 2. The van der Waals surface area contributed by atoms with Crippen molar-refractivity contribution in [3.05, 3.63) is 35.5 Å². The molecule has 2 aliphatic rings. The lowest BCUT2D eigenvalue weighted by Crippen LogP contribution is -2.52. The second-order valence-corrected chi connectivity index (χ2v) is 8.35. The number of ether oxygens (including phenoxy) is 4. The largest absolute Gasteiger partial charge is 0.466 e. The van der Waals surface area contributed by atoms with Gasteiger partial charge in [0.15, 0.2) is 17.8 Å². The van der Waals surface area contributed by atoms with Gasteiger partial charge in [-0.2, -0.15) is 0 Å². The number of aliphatic hydroxyl groups excluding tert-OH is 1. The molecule has 182 valence electrons. The molecule has 0 unspecified atom stereocenters. The molecule has 2 rings (SSSR count). The molecule has 10 nitrogen and oxygen atoms in total. The maximum Gasteiger partial charge on any atom is 0.341 e. The second kappa shape index (κ2) is 10.3. The number of esters is 4. The monoisotopic (exact) mass is 466 g/mol. The van der Waals surface area contributed by atoms with Crippen LogP contribution < -0.4 is 0 Å². The normalized spacial score (nSPS) is 31.4. The van der Waals surface area contributed by atoms with E-state index in [0.29, 0.717) is 12.8 Å². The standard InChI is InChI=1S/C23H30O10/c1-11-8-7-9-15(21(27)30-6)18(31-14(4)25)19(33-22(28)23(5,29)13(3)24)17-12(2)20(26)32-16(17)10-11/h9-10,13,16-19,24,29H,2,7-8H2,1,3-6H3/b11-10-,15-9+/t13-,16+,17-,18-,19-,23-/m0/s1. The summed E-state index contributed by atoms with van der Waals surface area (Å²) in [6.07, 6.45) is -1.44. The molecule has 6 atom stereocenters. The zero-order chi connectivity index (χ0) is 25.1. The van der Waals surface area contributed by atoms with Crippen LogP contribution in [-0.2, 0) is 38.1 Å². The van der Waals surface area contributed by atoms with Crippen molar-refractivity contribution in [1.29, 1.82) is 0 Å². The van der Waals surface area contributed by atoms with Crippen LogP contribution in [0.1, 0.15) is 40.5 Å². The van der Waals surface area contributed by atoms with Gasteiger partial charge in [-0.05, 0) is 39.7 Å². The molecule has 0 aromatic rings. The molecule has 0 saturated carbocycles. The molecule has 1 aliphatic carbocycles. The summed E-state index contributed by atoms with van der Waals surface area (Å²) in [5, 5.41) is 20.3. The van der Waals surface area contributed by atoms with E-state index in [4.69, 9.17) is 18.9 Å². The predicted molar refractivity (Wildman–Crippen MR) is 113 cm³/mol. The third kappa shape index (κ3) is 5.69. The van der Waals surface area contributed by atoms with E-state index in [9.17, 15) is 29.4 Å². The minimum atomic E-state index is -2.34. The minimum absolute atomic E-state index is 0.0690. The summed E-state index contributed by atoms with van der Waals surface area (Å²) in [5.74, 6) is -4.69. The van der Waals surface area contributed by atoms with Gasteiger partial charge in [-0.1, -0.05) is 18.2 Å². The third-order valence-corrected chi connectivity index (χ3v) is 5.76. The Morgan fingerprint density at radius 1 is 1.30 bits per heavy atom. The molecular formula is C23H30O10. The lowest BCUT2D eigenvalue weighted by molar-refractivity contribution is -0.191. The summed E-state index contributed by atoms with van der Waals surface area (Å²) in [6, 6.07) is 0. The van der Waals surface area contributed by atoms with Crippen LogP contribution in [0, 0.1) is 5.92 Å². The fourth-order valence-electron chi connectivity index (χ4n) is 3.61. The van der Waals surface area contributed by atoms with Crippen LogP contribution in [0.15, 0.2) is 35.5 Å². The van der Waals surface area contributed by atoms with Gasteiger partial charge in [0.25, 0.3) is 0 Å². The van der Waals surface area contributed by atoms with Crippen LogP contribution >= 0.6 is 0 Å². The molecule has 0 bridgehead atoms. The van der Waals surface area contributed by atoms with Gasteiger partial charge >= 0.3 is 23.9 Å². The van der Waals surface area contributed by atoms with Gasteiger partial charge < -0.3 is 29.2 Å². The van der Waals surface area contributed by atoms with Crippen molar-refractivity contribution in [2.24, 2.45) is 5.92 Å². The van der Waals surface area contributed by atoms with Crippen LogP contribution in [0.25, 0.3) is 0 Å². The quantitative estimate of drug-likeness (QED) is 0.259. The van der Waals surface area contributed by atoms with Crippen molar-refractivity contribution in [3.63, 3.8) is 0 Å². The van der Waals surface area contributed by atoms with Crippen molar-refractivity contribution in [1.82, 2.24) is 0 Å². The molecule has 0 spiro atoms. The Kier molecular flexibility index (Phi) is 8.20. The number of hydrogen-bond donors (Lipinski definition) is 2. The van der Waals surface area contributed by atoms with E-state index in [0.717, 1.165) is 26.5 Å². The van der Waals surface area contributed by atoms with Crippen molar-refractivity contribution >= 4 is 23.9 Å². The van der Waals surface area contributed by atoms with Gasteiger partial charge in [-0.15, -0.1) is 0 Å². The fraction of sp³-hybridized carbons (Fsp3) is 0.565. The van der Waals surface area contributed by atoms with Crippen LogP contribution in [-0.4, -0.2) is 71.2 Å². The maximum atomic E-state index is 12.9. The van der Waals surface area contributed by atoms with E-state index in [-0.39, 0.29) is 11.1 Å². The molecule has 1 heterocycles. The first-order valence-electron chi connectivity index (χ1n) is 10.4. The van der Waals surface area contributed by atoms with Gasteiger partial charge in [0.1, 0.15) is 6.10 Å². The van der Waals surface area contributed by atoms with Crippen molar-refractivity contribution < 1.29 is 48.3 Å². The second-order valence-electron chi connectivity index (χ2n) is 8.35. The van der Waals surface area contributed by atoms with Gasteiger partial charge in [-0.3, -0.25) is 4.79 Å². The summed E-state index contributed by atoms with van der Waals surface area (Å²) in [7, 11) is 1.14. The van der Waals surface area contributed by atoms with Crippen LogP contribution in [0.4, 0.5) is 0 Å². The molecule has 0 radical (unpaired) electrons. The average molecular weight is 466 g/mol. The molecule has 10 heteroatoms. The van der Waals surface area contributed by atoms with Gasteiger partial charge in [0.05, 0.1) is 24.7 Å². The Hall–Kier alpha value is -2.98. The Balaban J connectivity index is 2.72. The summed E-state index contributed by atoms with van der Waals surface area (Å²) in [5.41, 5.74) is -1.68. The van der Waals surface area contributed by atoms with E-state index in [1.807, 2.05) is 6.92 Å². The van der Waals surface area contributed by atoms with E-state index >= 15 is 0 Å². The predicted octanol–water partition coefficient (Wildman–Crippen LogP) is 0.899. The van der Waals surface area contributed by atoms with Crippen molar-refractivity contribution in [3.8, 4) is 0 Å². The number of carbonyl (C=O) groups is 4. The number of fused-ring (bicyclic) bond motifs is 1. The highest BCUT2D eigenvalue weighted by Crippen LogP contribution is 2.38. The Morgan fingerprint density at radius 2 is 1.94 bits per heavy atom. The fourth-order valence-corrected chi connectivity index (χ4v) is 3.61. The van der Waals surface area contributed by atoms with Crippen molar-refractivity contribution in [2.75, 3.05) is 7.11 Å². The molecule has 1 fully saturated rings.